The van der Waals surface area contributed by atoms with Gasteiger partial charge in [-0.05, 0) is 52.9 Å². The van der Waals surface area contributed by atoms with E-state index in [0.717, 1.165) is 36.4 Å². The molecule has 4 rings (SSSR count). The number of urea groups is 1. The highest BCUT2D eigenvalue weighted by Crippen LogP contribution is 2.34. The number of carbonyl (C=O) groups is 1. The summed E-state index contributed by atoms with van der Waals surface area (Å²) in [7, 11) is 0. The normalized spacial score (nSPS) is 19.1. The van der Waals surface area contributed by atoms with Gasteiger partial charge in [0.15, 0.2) is 11.5 Å². The molecule has 2 amide bonds. The van der Waals surface area contributed by atoms with Gasteiger partial charge in [-0.3, -0.25) is 0 Å². The van der Waals surface area contributed by atoms with E-state index in [1.54, 1.807) is 11.3 Å². The maximum absolute atomic E-state index is 12.5. The molecule has 120 valence electrons. The van der Waals surface area contributed by atoms with Gasteiger partial charge in [0, 0.05) is 13.1 Å². The van der Waals surface area contributed by atoms with Gasteiger partial charge in [-0.15, -0.1) is 0 Å². The molecular weight excluding hydrogens is 312 g/mol. The molecule has 3 heterocycles. The number of carbonyl (C=O) groups excluding carboxylic acids is 1. The molecule has 0 spiro atoms. The molecule has 0 aliphatic carbocycles. The maximum atomic E-state index is 12.5. The quantitative estimate of drug-likeness (QED) is 0.937. The Morgan fingerprint density at radius 3 is 3.09 bits per heavy atom. The van der Waals surface area contributed by atoms with Crippen molar-refractivity contribution in [3.05, 3.63) is 46.2 Å². The summed E-state index contributed by atoms with van der Waals surface area (Å²) in [6.07, 6.45) is 2.09. The Labute approximate surface area is 138 Å². The molecule has 1 saturated heterocycles. The molecule has 1 aromatic heterocycles. The summed E-state index contributed by atoms with van der Waals surface area (Å²) < 4.78 is 10.7. The Hall–Kier alpha value is -2.21. The van der Waals surface area contributed by atoms with Crippen LogP contribution in [0.3, 0.4) is 0 Å². The summed E-state index contributed by atoms with van der Waals surface area (Å²) in [6.45, 7) is 1.57. The average molecular weight is 330 g/mol. The predicted octanol–water partition coefficient (Wildman–Crippen LogP) is 3.52. The van der Waals surface area contributed by atoms with E-state index in [1.165, 1.54) is 5.56 Å². The van der Waals surface area contributed by atoms with Crippen molar-refractivity contribution in [2.45, 2.75) is 25.4 Å². The monoisotopic (exact) mass is 330 g/mol. The van der Waals surface area contributed by atoms with Gasteiger partial charge in [0.25, 0.3) is 0 Å². The molecule has 5 nitrogen and oxygen atoms in total. The van der Waals surface area contributed by atoms with Crippen LogP contribution >= 0.6 is 11.3 Å². The summed E-state index contributed by atoms with van der Waals surface area (Å²) in [5.74, 6) is 1.51. The van der Waals surface area contributed by atoms with Crippen LogP contribution in [0.4, 0.5) is 4.79 Å². The number of hydrogen-bond donors (Lipinski definition) is 1. The van der Waals surface area contributed by atoms with Crippen molar-refractivity contribution < 1.29 is 14.3 Å². The number of nitrogens with zero attached hydrogens (tertiary/aromatic N) is 1. The van der Waals surface area contributed by atoms with E-state index >= 15 is 0 Å². The van der Waals surface area contributed by atoms with E-state index in [1.807, 2.05) is 23.1 Å². The van der Waals surface area contributed by atoms with Gasteiger partial charge in [-0.2, -0.15) is 11.3 Å². The van der Waals surface area contributed by atoms with Gasteiger partial charge in [0.1, 0.15) is 0 Å². The molecule has 0 saturated carbocycles. The number of rotatable bonds is 3. The lowest BCUT2D eigenvalue weighted by atomic mass is 10.1. The smallest absolute Gasteiger partial charge is 0.318 e. The number of benzene rings is 1. The molecule has 6 heteroatoms. The molecule has 0 unspecified atom stereocenters. The van der Waals surface area contributed by atoms with Crippen molar-refractivity contribution in [3.8, 4) is 11.5 Å². The minimum atomic E-state index is -0.00336. The van der Waals surface area contributed by atoms with E-state index in [9.17, 15) is 4.79 Å². The average Bonchev–Trinajstić information content (AvgIpc) is 3.32. The SMILES string of the molecule is O=C(NCc1ccc2c(c1)OCO2)N1CCC[C@H]1c1ccsc1. The third kappa shape index (κ3) is 2.86. The fourth-order valence-corrected chi connectivity index (χ4v) is 3.86. The Morgan fingerprint density at radius 1 is 1.30 bits per heavy atom. The standard InChI is InChI=1S/C17H18N2O3S/c20-17(19-6-1-2-14(19)13-5-7-23-10-13)18-9-12-3-4-15-16(8-12)22-11-21-15/h3-5,7-8,10,14H,1-2,6,9,11H2,(H,18,20)/t14-/m0/s1. The molecule has 0 bridgehead atoms. The molecule has 23 heavy (non-hydrogen) atoms. The predicted molar refractivity (Wildman–Crippen MR) is 87.8 cm³/mol. The highest BCUT2D eigenvalue weighted by Gasteiger charge is 2.30. The first-order valence-electron chi connectivity index (χ1n) is 7.76. The number of likely N-dealkylation sites (tertiary alicyclic amines) is 1. The Bertz CT molecular complexity index is 702. The van der Waals surface area contributed by atoms with Gasteiger partial charge in [0.05, 0.1) is 6.04 Å². The molecule has 2 aliphatic heterocycles. The summed E-state index contributed by atoms with van der Waals surface area (Å²) in [6, 6.07) is 8.07. The first-order valence-corrected chi connectivity index (χ1v) is 8.70. The topological polar surface area (TPSA) is 50.8 Å². The van der Waals surface area contributed by atoms with E-state index < -0.39 is 0 Å². The van der Waals surface area contributed by atoms with E-state index in [2.05, 4.69) is 22.1 Å². The van der Waals surface area contributed by atoms with Crippen LogP contribution in [0, 0.1) is 0 Å². The lowest BCUT2D eigenvalue weighted by molar-refractivity contribution is 0.174. The Balaban J connectivity index is 1.40. The number of amides is 2. The molecule has 2 aromatic rings. The van der Waals surface area contributed by atoms with Crippen LogP contribution in [0.2, 0.25) is 0 Å². The minimum Gasteiger partial charge on any atom is -0.454 e. The number of ether oxygens (including phenoxy) is 2. The molecule has 1 aromatic carbocycles. The summed E-state index contributed by atoms with van der Waals surface area (Å²) in [4.78, 5) is 14.5. The van der Waals surface area contributed by atoms with Crippen LogP contribution in [0.25, 0.3) is 0 Å². The summed E-state index contributed by atoms with van der Waals surface area (Å²) >= 11 is 1.68. The third-order valence-corrected chi connectivity index (χ3v) is 5.02. The van der Waals surface area contributed by atoms with Gasteiger partial charge < -0.3 is 19.7 Å². The van der Waals surface area contributed by atoms with E-state index in [-0.39, 0.29) is 18.9 Å². The van der Waals surface area contributed by atoms with Gasteiger partial charge in [-0.1, -0.05) is 6.07 Å². The van der Waals surface area contributed by atoms with E-state index in [0.29, 0.717) is 6.54 Å². The van der Waals surface area contributed by atoms with Gasteiger partial charge in [-0.25, -0.2) is 4.79 Å². The van der Waals surface area contributed by atoms with Crippen molar-refractivity contribution in [2.24, 2.45) is 0 Å². The van der Waals surface area contributed by atoms with Gasteiger partial charge in [0.2, 0.25) is 6.79 Å². The highest BCUT2D eigenvalue weighted by atomic mass is 32.1. The number of fused-ring (bicyclic) bond motifs is 1. The van der Waals surface area contributed by atoms with E-state index in [4.69, 9.17) is 9.47 Å². The van der Waals surface area contributed by atoms with Crippen molar-refractivity contribution in [1.82, 2.24) is 10.2 Å². The van der Waals surface area contributed by atoms with Crippen LogP contribution in [0.15, 0.2) is 35.0 Å². The minimum absolute atomic E-state index is 0.00336. The first kappa shape index (κ1) is 14.4. The number of nitrogens with one attached hydrogen (secondary N) is 1. The molecule has 1 atom stereocenters. The summed E-state index contributed by atoms with van der Waals surface area (Å²) in [5.41, 5.74) is 2.25. The lowest BCUT2D eigenvalue weighted by Crippen LogP contribution is -2.39. The fourth-order valence-electron chi connectivity index (χ4n) is 3.15. The van der Waals surface area contributed by atoms with Crippen molar-refractivity contribution >= 4 is 17.4 Å². The lowest BCUT2D eigenvalue weighted by Gasteiger charge is -2.24. The number of hydrogen-bond acceptors (Lipinski definition) is 4. The zero-order chi connectivity index (χ0) is 15.6. The molecule has 1 N–H and O–H groups in total. The van der Waals surface area contributed by atoms with Crippen LogP contribution in [-0.2, 0) is 6.54 Å². The molecule has 1 fully saturated rings. The third-order valence-electron chi connectivity index (χ3n) is 4.32. The fraction of sp³-hybridized carbons (Fsp3) is 0.353. The van der Waals surface area contributed by atoms with Crippen LogP contribution in [0.5, 0.6) is 11.5 Å². The van der Waals surface area contributed by atoms with Crippen molar-refractivity contribution in [3.63, 3.8) is 0 Å². The second-order valence-electron chi connectivity index (χ2n) is 5.75. The Morgan fingerprint density at radius 2 is 2.22 bits per heavy atom. The number of thiophene rings is 1. The van der Waals surface area contributed by atoms with Crippen LogP contribution < -0.4 is 14.8 Å². The van der Waals surface area contributed by atoms with Gasteiger partial charge >= 0.3 is 6.03 Å². The molecular formula is C17H18N2O3S. The maximum Gasteiger partial charge on any atom is 0.318 e. The zero-order valence-corrected chi connectivity index (χ0v) is 13.5. The van der Waals surface area contributed by atoms with Crippen molar-refractivity contribution in [1.29, 1.82) is 0 Å². The summed E-state index contributed by atoms with van der Waals surface area (Å²) in [5, 5.41) is 7.22. The molecule has 0 radical (unpaired) electrons. The van der Waals surface area contributed by atoms with Crippen LogP contribution in [0.1, 0.15) is 30.0 Å². The zero-order valence-electron chi connectivity index (χ0n) is 12.7. The second-order valence-corrected chi connectivity index (χ2v) is 6.53. The second kappa shape index (κ2) is 6.12. The largest absolute Gasteiger partial charge is 0.454 e. The van der Waals surface area contributed by atoms with Crippen LogP contribution in [-0.4, -0.2) is 24.3 Å². The Kier molecular flexibility index (Phi) is 3.83. The highest BCUT2D eigenvalue weighted by molar-refractivity contribution is 7.07. The molecule has 2 aliphatic rings. The van der Waals surface area contributed by atoms with Crippen molar-refractivity contribution in [2.75, 3.05) is 13.3 Å². The first-order chi connectivity index (χ1) is 11.3.